The van der Waals surface area contributed by atoms with E-state index >= 15 is 0 Å². The average Bonchev–Trinajstić information content (AvgIpc) is 1.83. The van der Waals surface area contributed by atoms with Gasteiger partial charge in [0, 0.05) is 0 Å². The molecular weight excluding hydrogens is 112 g/mol. The van der Waals surface area contributed by atoms with Crippen LogP contribution in [0.15, 0.2) is 12.5 Å². The molecule has 48 valence electrons. The van der Waals surface area contributed by atoms with Gasteiger partial charge in [0.1, 0.15) is 0 Å². The highest BCUT2D eigenvalue weighted by Gasteiger charge is 1.88. The summed E-state index contributed by atoms with van der Waals surface area (Å²) < 4.78 is 4.40. The maximum absolute atomic E-state index is 7.97. The Hall–Kier alpha value is -0.740. The Bertz CT molecular complexity index is 70.4. The summed E-state index contributed by atoms with van der Waals surface area (Å²) in [6.45, 7) is 2.72. The zero-order valence-corrected chi connectivity index (χ0v) is 4.59. The Kier molecular flexibility index (Phi) is 4.01. The van der Waals surface area contributed by atoms with E-state index in [9.17, 15) is 0 Å². The number of ether oxygens (including phenoxy) is 1. The molecule has 0 radical (unpaired) electrons. The summed E-state index contributed by atoms with van der Waals surface area (Å²) in [7, 11) is 1.38. The van der Waals surface area contributed by atoms with Gasteiger partial charge in [0.2, 0.25) is 0 Å². The smallest absolute Gasteiger partial charge is 0.309 e. The Morgan fingerprint density at radius 3 is 2.75 bits per heavy atom. The number of aliphatic hydroxyl groups is 1. The topological polar surface area (TPSA) is 47.9 Å². The van der Waals surface area contributed by atoms with Crippen molar-refractivity contribution in [3.8, 4) is 0 Å². The van der Waals surface area contributed by atoms with Gasteiger partial charge in [-0.3, -0.25) is 4.89 Å². The van der Waals surface area contributed by atoms with Crippen molar-refractivity contribution in [1.82, 2.24) is 0 Å². The van der Waals surface area contributed by atoms with Crippen molar-refractivity contribution in [1.29, 1.82) is 0 Å². The molecule has 0 atom stereocenters. The van der Waals surface area contributed by atoms with E-state index in [4.69, 9.17) is 5.11 Å². The summed E-state index contributed by atoms with van der Waals surface area (Å²) in [5.41, 5.74) is 0. The van der Waals surface area contributed by atoms with Crippen LogP contribution >= 0.6 is 0 Å². The number of rotatable bonds is 4. The Balaban J connectivity index is 2.99. The SMILES string of the molecule is C=C(OC)OOCO. The Morgan fingerprint density at radius 2 is 2.38 bits per heavy atom. The Morgan fingerprint density at radius 1 is 1.75 bits per heavy atom. The lowest BCUT2D eigenvalue weighted by atomic mass is 11.0. The lowest BCUT2D eigenvalue weighted by Gasteiger charge is -2.01. The minimum Gasteiger partial charge on any atom is -0.467 e. The average molecular weight is 120 g/mol. The van der Waals surface area contributed by atoms with Crippen LogP contribution in [-0.2, 0) is 14.5 Å². The number of hydrogen-bond acceptors (Lipinski definition) is 4. The third-order valence-corrected chi connectivity index (χ3v) is 0.432. The van der Waals surface area contributed by atoms with Gasteiger partial charge in [-0.25, -0.2) is 0 Å². The molecule has 0 rings (SSSR count). The van der Waals surface area contributed by atoms with Crippen molar-refractivity contribution < 1.29 is 19.6 Å². The third-order valence-electron chi connectivity index (χ3n) is 0.432. The molecule has 0 bridgehead atoms. The highest BCUT2D eigenvalue weighted by atomic mass is 17.2. The van der Waals surface area contributed by atoms with Gasteiger partial charge in [-0.1, -0.05) is 0 Å². The molecule has 0 aromatic heterocycles. The highest BCUT2D eigenvalue weighted by Crippen LogP contribution is 1.91. The highest BCUT2D eigenvalue weighted by molar-refractivity contribution is 4.62. The van der Waals surface area contributed by atoms with Crippen LogP contribution in [0.5, 0.6) is 0 Å². The minimum atomic E-state index is -0.512. The van der Waals surface area contributed by atoms with Crippen LogP contribution in [0.1, 0.15) is 0 Å². The van der Waals surface area contributed by atoms with Crippen molar-refractivity contribution >= 4 is 0 Å². The van der Waals surface area contributed by atoms with Gasteiger partial charge in [0.15, 0.2) is 6.79 Å². The standard InChI is InChI=1S/C4H8O4/c1-4(6-2)8-7-3-5/h5H,1,3H2,2H3. The molecule has 8 heavy (non-hydrogen) atoms. The van der Waals surface area contributed by atoms with Crippen molar-refractivity contribution in [2.75, 3.05) is 13.9 Å². The largest absolute Gasteiger partial charge is 0.467 e. The molecule has 0 aromatic rings. The molecule has 0 saturated heterocycles. The second-order valence-corrected chi connectivity index (χ2v) is 0.906. The van der Waals surface area contributed by atoms with E-state index in [1.165, 1.54) is 7.11 Å². The van der Waals surface area contributed by atoms with Crippen molar-refractivity contribution in [2.24, 2.45) is 0 Å². The van der Waals surface area contributed by atoms with Gasteiger partial charge >= 0.3 is 5.95 Å². The summed E-state index contributed by atoms with van der Waals surface area (Å²) >= 11 is 0. The number of hydrogen-bond donors (Lipinski definition) is 1. The second kappa shape index (κ2) is 4.42. The first-order valence-electron chi connectivity index (χ1n) is 1.94. The Labute approximate surface area is 47.2 Å². The van der Waals surface area contributed by atoms with Gasteiger partial charge in [-0.2, -0.15) is 4.89 Å². The van der Waals surface area contributed by atoms with Crippen molar-refractivity contribution in [3.63, 3.8) is 0 Å². The summed E-state index contributed by atoms with van der Waals surface area (Å²) in [5, 5.41) is 7.97. The van der Waals surface area contributed by atoms with Crippen LogP contribution in [0.25, 0.3) is 0 Å². The van der Waals surface area contributed by atoms with Gasteiger partial charge < -0.3 is 9.84 Å². The first-order chi connectivity index (χ1) is 3.81. The molecule has 1 N–H and O–H groups in total. The zero-order valence-electron chi connectivity index (χ0n) is 4.59. The normalized spacial score (nSPS) is 8.25. The number of aliphatic hydroxyl groups excluding tert-OH is 1. The van der Waals surface area contributed by atoms with Crippen molar-refractivity contribution in [3.05, 3.63) is 12.5 Å². The van der Waals surface area contributed by atoms with Gasteiger partial charge in [0.25, 0.3) is 0 Å². The molecule has 0 aromatic carbocycles. The summed E-state index contributed by atoms with van der Waals surface area (Å²) in [6.07, 6.45) is 0. The fourth-order valence-corrected chi connectivity index (χ4v) is 0.126. The molecule has 0 unspecified atom stereocenters. The van der Waals surface area contributed by atoms with Crippen LogP contribution in [-0.4, -0.2) is 19.0 Å². The molecule has 0 aliphatic rings. The molecule has 4 heteroatoms. The minimum absolute atomic E-state index is 0.0130. The quantitative estimate of drug-likeness (QED) is 0.245. The van der Waals surface area contributed by atoms with E-state index in [1.807, 2.05) is 0 Å². The maximum atomic E-state index is 7.97. The molecule has 0 saturated carbocycles. The van der Waals surface area contributed by atoms with E-state index in [0.29, 0.717) is 0 Å². The summed E-state index contributed by atoms with van der Waals surface area (Å²) in [5.74, 6) is 0.0130. The molecule has 4 nitrogen and oxygen atoms in total. The predicted octanol–water partition coefficient (Wildman–Crippen LogP) is 0.00200. The predicted molar refractivity (Wildman–Crippen MR) is 25.4 cm³/mol. The third kappa shape index (κ3) is 3.45. The lowest BCUT2D eigenvalue weighted by Crippen LogP contribution is -1.95. The van der Waals surface area contributed by atoms with E-state index in [-0.39, 0.29) is 5.95 Å². The lowest BCUT2D eigenvalue weighted by molar-refractivity contribution is -0.322. The molecule has 0 fully saturated rings. The molecule has 0 aliphatic heterocycles. The van der Waals surface area contributed by atoms with Crippen molar-refractivity contribution in [2.45, 2.75) is 0 Å². The fraction of sp³-hybridized carbons (Fsp3) is 0.500. The zero-order chi connectivity index (χ0) is 6.41. The van der Waals surface area contributed by atoms with Gasteiger partial charge in [0.05, 0.1) is 7.11 Å². The van der Waals surface area contributed by atoms with E-state index < -0.39 is 6.79 Å². The van der Waals surface area contributed by atoms with Crippen LogP contribution < -0.4 is 0 Å². The van der Waals surface area contributed by atoms with E-state index in [2.05, 4.69) is 21.1 Å². The molecule has 0 aliphatic carbocycles. The van der Waals surface area contributed by atoms with Crippen LogP contribution in [0.3, 0.4) is 0 Å². The fourth-order valence-electron chi connectivity index (χ4n) is 0.126. The number of methoxy groups -OCH3 is 1. The molecule has 0 amide bonds. The second-order valence-electron chi connectivity index (χ2n) is 0.906. The van der Waals surface area contributed by atoms with Crippen LogP contribution in [0.4, 0.5) is 0 Å². The first-order valence-corrected chi connectivity index (χ1v) is 1.94. The van der Waals surface area contributed by atoms with Crippen LogP contribution in [0.2, 0.25) is 0 Å². The van der Waals surface area contributed by atoms with E-state index in [1.54, 1.807) is 0 Å². The molecule has 0 heterocycles. The summed E-state index contributed by atoms with van der Waals surface area (Å²) in [4.78, 5) is 8.19. The monoisotopic (exact) mass is 120 g/mol. The van der Waals surface area contributed by atoms with Gasteiger partial charge in [-0.15, -0.1) is 0 Å². The first kappa shape index (κ1) is 7.26. The molecular formula is C4H8O4. The summed E-state index contributed by atoms with van der Waals surface area (Å²) in [6, 6.07) is 0. The van der Waals surface area contributed by atoms with Crippen LogP contribution in [0, 0.1) is 0 Å². The van der Waals surface area contributed by atoms with Gasteiger partial charge in [-0.05, 0) is 6.58 Å². The van der Waals surface area contributed by atoms with E-state index in [0.717, 1.165) is 0 Å². The maximum Gasteiger partial charge on any atom is 0.309 e. The molecule has 0 spiro atoms.